The molecule has 0 radical (unpaired) electrons. The fourth-order valence-corrected chi connectivity index (χ4v) is 7.73. The van der Waals surface area contributed by atoms with Crippen molar-refractivity contribution in [3.63, 3.8) is 0 Å². The van der Waals surface area contributed by atoms with Gasteiger partial charge < -0.3 is 19.7 Å². The molecule has 5 nitrogen and oxygen atoms in total. The van der Waals surface area contributed by atoms with E-state index in [9.17, 15) is 15.0 Å². The van der Waals surface area contributed by atoms with E-state index in [1.165, 1.54) is 18.9 Å². The molecular formula is C25H38O5. The highest BCUT2D eigenvalue weighted by Gasteiger charge is 2.64. The molecule has 2 saturated carbocycles. The Morgan fingerprint density at radius 1 is 1.10 bits per heavy atom. The zero-order valence-corrected chi connectivity index (χ0v) is 19.3. The lowest BCUT2D eigenvalue weighted by Crippen LogP contribution is -2.66. The second-order valence-electron chi connectivity index (χ2n) is 11.7. The monoisotopic (exact) mass is 418 g/mol. The van der Waals surface area contributed by atoms with Gasteiger partial charge in [0.15, 0.2) is 0 Å². The van der Waals surface area contributed by atoms with E-state index < -0.39 is 23.0 Å². The number of carbonyl (C=O) groups is 1. The normalized spacial score (nSPS) is 50.6. The Morgan fingerprint density at radius 2 is 1.80 bits per heavy atom. The Hall–Kier alpha value is -1.17. The van der Waals surface area contributed by atoms with Crippen LogP contribution in [0.25, 0.3) is 0 Å². The number of fused-ring (bicyclic) bond motifs is 3. The number of aliphatic hydroxyl groups is 2. The summed E-state index contributed by atoms with van der Waals surface area (Å²) >= 11 is 0. The molecule has 3 fully saturated rings. The molecule has 1 saturated heterocycles. The highest BCUT2D eigenvalue weighted by Crippen LogP contribution is 2.65. The summed E-state index contributed by atoms with van der Waals surface area (Å²) in [5.74, 6) is -1.56. The second-order valence-corrected chi connectivity index (χ2v) is 11.7. The van der Waals surface area contributed by atoms with E-state index in [4.69, 9.17) is 9.47 Å². The molecule has 0 bridgehead atoms. The lowest BCUT2D eigenvalue weighted by Gasteiger charge is -2.66. The number of cyclic esters (lactones) is 1. The molecule has 2 aliphatic heterocycles. The molecule has 2 heterocycles. The summed E-state index contributed by atoms with van der Waals surface area (Å²) in [4.78, 5) is 11.5. The molecule has 7 atom stereocenters. The Labute approximate surface area is 180 Å². The van der Waals surface area contributed by atoms with Crippen LogP contribution in [-0.4, -0.2) is 39.3 Å². The summed E-state index contributed by atoms with van der Waals surface area (Å²) in [6.07, 6.45) is 10.3. The van der Waals surface area contributed by atoms with Gasteiger partial charge >= 0.3 is 5.97 Å². The van der Waals surface area contributed by atoms with Crippen molar-refractivity contribution in [2.24, 2.45) is 22.7 Å². The van der Waals surface area contributed by atoms with E-state index >= 15 is 0 Å². The van der Waals surface area contributed by atoms with Crippen molar-refractivity contribution in [2.75, 3.05) is 0 Å². The average molecular weight is 419 g/mol. The SMILES string of the molecule is CC1=CC(=O)OC1(O)C=CC1(C)CCC2C(C)(CC(O)C3C(C)(C)CCCC32C)O1. The topological polar surface area (TPSA) is 76.0 Å². The standard InChI is InChI=1S/C25H38O5/c1-16-14-19(27)29-25(16,28)13-12-22(4)11-8-18-23(5)10-7-9-21(2,3)20(23)17(26)15-24(18,6)30-22/h12-14,17-18,20,26,28H,7-11,15H2,1-6H3. The molecule has 2 N–H and O–H groups in total. The van der Waals surface area contributed by atoms with Crippen molar-refractivity contribution in [1.82, 2.24) is 0 Å². The van der Waals surface area contributed by atoms with Crippen LogP contribution in [0.3, 0.4) is 0 Å². The smallest absolute Gasteiger partial charge is 0.333 e. The first-order chi connectivity index (χ1) is 13.7. The number of carbonyl (C=O) groups excluding carboxylic acids is 1. The summed E-state index contributed by atoms with van der Waals surface area (Å²) in [7, 11) is 0. The minimum absolute atomic E-state index is 0.0533. The molecule has 2 aliphatic carbocycles. The molecule has 5 heteroatoms. The van der Waals surface area contributed by atoms with Crippen LogP contribution in [0.15, 0.2) is 23.8 Å². The molecule has 30 heavy (non-hydrogen) atoms. The Bertz CT molecular complexity index is 799. The maximum absolute atomic E-state index is 11.5. The van der Waals surface area contributed by atoms with E-state index in [1.807, 2.05) is 13.0 Å². The van der Waals surface area contributed by atoms with Crippen molar-refractivity contribution in [1.29, 1.82) is 0 Å². The molecule has 4 rings (SSSR count). The van der Waals surface area contributed by atoms with Gasteiger partial charge in [0.25, 0.3) is 5.79 Å². The third kappa shape index (κ3) is 3.28. The maximum Gasteiger partial charge on any atom is 0.333 e. The zero-order chi connectivity index (χ0) is 22.2. The first-order valence-corrected chi connectivity index (χ1v) is 11.5. The van der Waals surface area contributed by atoms with Gasteiger partial charge in [0.2, 0.25) is 0 Å². The largest absolute Gasteiger partial charge is 0.422 e. The van der Waals surface area contributed by atoms with Crippen molar-refractivity contribution in [3.8, 4) is 0 Å². The number of esters is 1. The van der Waals surface area contributed by atoms with Crippen molar-refractivity contribution < 1.29 is 24.5 Å². The van der Waals surface area contributed by atoms with Gasteiger partial charge in [0.05, 0.1) is 17.3 Å². The predicted molar refractivity (Wildman–Crippen MR) is 114 cm³/mol. The van der Waals surface area contributed by atoms with Crippen LogP contribution in [-0.2, 0) is 14.3 Å². The third-order valence-electron chi connectivity index (χ3n) is 8.83. The summed E-state index contributed by atoms with van der Waals surface area (Å²) < 4.78 is 11.9. The van der Waals surface area contributed by atoms with Crippen LogP contribution in [0.1, 0.15) is 80.1 Å². The predicted octanol–water partition coefficient (Wildman–Crippen LogP) is 4.28. The molecule has 0 spiro atoms. The fourth-order valence-electron chi connectivity index (χ4n) is 7.73. The van der Waals surface area contributed by atoms with Crippen LogP contribution in [0.5, 0.6) is 0 Å². The van der Waals surface area contributed by atoms with Crippen molar-refractivity contribution in [3.05, 3.63) is 23.8 Å². The molecular weight excluding hydrogens is 380 g/mol. The minimum Gasteiger partial charge on any atom is -0.422 e. The van der Waals surface area contributed by atoms with Crippen LogP contribution in [0.2, 0.25) is 0 Å². The van der Waals surface area contributed by atoms with Gasteiger partial charge in [0.1, 0.15) is 0 Å². The Kier molecular flexibility index (Phi) is 4.90. The average Bonchev–Trinajstić information content (AvgIpc) is 2.83. The molecule has 0 aromatic rings. The van der Waals surface area contributed by atoms with Crippen molar-refractivity contribution >= 4 is 5.97 Å². The maximum atomic E-state index is 11.5. The molecule has 0 aromatic carbocycles. The van der Waals surface area contributed by atoms with Gasteiger partial charge in [-0.3, -0.25) is 0 Å². The van der Waals surface area contributed by atoms with E-state index in [2.05, 4.69) is 27.7 Å². The van der Waals surface area contributed by atoms with E-state index in [0.717, 1.165) is 19.3 Å². The summed E-state index contributed by atoms with van der Waals surface area (Å²) in [6, 6.07) is 0. The van der Waals surface area contributed by atoms with Gasteiger partial charge in [0, 0.05) is 18.1 Å². The summed E-state index contributed by atoms with van der Waals surface area (Å²) in [6.45, 7) is 12.9. The third-order valence-corrected chi connectivity index (χ3v) is 8.83. The highest BCUT2D eigenvalue weighted by atomic mass is 16.7. The van der Waals surface area contributed by atoms with Crippen LogP contribution >= 0.6 is 0 Å². The van der Waals surface area contributed by atoms with Crippen molar-refractivity contribution in [2.45, 2.75) is 103 Å². The molecule has 7 unspecified atom stereocenters. The zero-order valence-electron chi connectivity index (χ0n) is 19.3. The summed E-state index contributed by atoms with van der Waals surface area (Å²) in [5, 5.41) is 22.0. The first-order valence-electron chi connectivity index (χ1n) is 11.5. The minimum atomic E-state index is -1.70. The van der Waals surface area contributed by atoms with E-state index in [-0.39, 0.29) is 22.9 Å². The number of aliphatic hydroxyl groups excluding tert-OH is 1. The number of ether oxygens (including phenoxy) is 2. The van der Waals surface area contributed by atoms with Crippen LogP contribution in [0.4, 0.5) is 0 Å². The fraction of sp³-hybridized carbons (Fsp3) is 0.800. The van der Waals surface area contributed by atoms with E-state index in [0.29, 0.717) is 17.9 Å². The number of hydrogen-bond donors (Lipinski definition) is 2. The molecule has 0 amide bonds. The van der Waals surface area contributed by atoms with Gasteiger partial charge in [-0.2, -0.15) is 0 Å². The number of hydrogen-bond acceptors (Lipinski definition) is 5. The van der Waals surface area contributed by atoms with E-state index in [1.54, 1.807) is 13.0 Å². The highest BCUT2D eigenvalue weighted by molar-refractivity contribution is 5.86. The van der Waals surface area contributed by atoms with Gasteiger partial charge in [-0.15, -0.1) is 0 Å². The number of rotatable bonds is 2. The van der Waals surface area contributed by atoms with Crippen LogP contribution < -0.4 is 0 Å². The van der Waals surface area contributed by atoms with Gasteiger partial charge in [-0.05, 0) is 75.2 Å². The lowest BCUT2D eigenvalue weighted by atomic mass is 9.43. The first kappa shape index (κ1) is 22.0. The van der Waals surface area contributed by atoms with Gasteiger partial charge in [-0.25, -0.2) is 4.79 Å². The second kappa shape index (κ2) is 6.66. The molecule has 168 valence electrons. The molecule has 4 aliphatic rings. The lowest BCUT2D eigenvalue weighted by molar-refractivity contribution is -0.277. The summed E-state index contributed by atoms with van der Waals surface area (Å²) in [5.41, 5.74) is -0.371. The Balaban J connectivity index is 1.60. The molecule has 0 aromatic heterocycles. The van der Waals surface area contributed by atoms with Gasteiger partial charge in [-0.1, -0.05) is 33.3 Å². The quantitative estimate of drug-likeness (QED) is 0.517. The van der Waals surface area contributed by atoms with Crippen LogP contribution in [0, 0.1) is 22.7 Å². The Morgan fingerprint density at radius 3 is 2.43 bits per heavy atom.